The SMILES string of the molecule is Cc1ccc(Oc2ccc(CO)cc2)cc1C(F)(F)F. The molecule has 0 aliphatic carbocycles. The monoisotopic (exact) mass is 282 g/mol. The van der Waals surface area contributed by atoms with E-state index >= 15 is 0 Å². The van der Waals surface area contributed by atoms with Crippen molar-refractivity contribution in [1.29, 1.82) is 0 Å². The van der Waals surface area contributed by atoms with E-state index in [1.54, 1.807) is 24.3 Å². The molecule has 0 aliphatic rings. The molecule has 0 aromatic heterocycles. The first-order valence-electron chi connectivity index (χ1n) is 5.95. The maximum absolute atomic E-state index is 12.8. The summed E-state index contributed by atoms with van der Waals surface area (Å²) >= 11 is 0. The van der Waals surface area contributed by atoms with E-state index in [1.165, 1.54) is 19.1 Å². The quantitative estimate of drug-likeness (QED) is 0.909. The van der Waals surface area contributed by atoms with E-state index in [2.05, 4.69) is 0 Å². The zero-order chi connectivity index (χ0) is 14.8. The zero-order valence-electron chi connectivity index (χ0n) is 10.7. The Labute approximate surface area is 114 Å². The van der Waals surface area contributed by atoms with Gasteiger partial charge in [-0.05, 0) is 42.3 Å². The number of rotatable bonds is 3. The minimum atomic E-state index is -4.40. The molecular formula is C15H13F3O2. The van der Waals surface area contributed by atoms with Gasteiger partial charge in [0, 0.05) is 0 Å². The van der Waals surface area contributed by atoms with Gasteiger partial charge < -0.3 is 9.84 Å². The molecule has 0 spiro atoms. The lowest BCUT2D eigenvalue weighted by atomic mass is 10.1. The van der Waals surface area contributed by atoms with Crippen LogP contribution in [0.25, 0.3) is 0 Å². The van der Waals surface area contributed by atoms with Crippen molar-refractivity contribution in [3.05, 3.63) is 59.2 Å². The summed E-state index contributed by atoms with van der Waals surface area (Å²) in [6.07, 6.45) is -4.40. The van der Waals surface area contributed by atoms with Crippen LogP contribution in [0.3, 0.4) is 0 Å². The standard InChI is InChI=1S/C15H13F3O2/c1-10-2-5-13(8-14(10)15(16,17)18)20-12-6-3-11(9-19)4-7-12/h2-8,19H,9H2,1H3. The van der Waals surface area contributed by atoms with Crippen LogP contribution in [0.15, 0.2) is 42.5 Å². The summed E-state index contributed by atoms with van der Waals surface area (Å²) in [5, 5.41) is 8.91. The molecular weight excluding hydrogens is 269 g/mol. The highest BCUT2D eigenvalue weighted by Gasteiger charge is 2.32. The second-order valence-electron chi connectivity index (χ2n) is 4.38. The van der Waals surface area contributed by atoms with E-state index in [1.807, 2.05) is 0 Å². The fourth-order valence-electron chi connectivity index (χ4n) is 1.77. The van der Waals surface area contributed by atoms with Gasteiger partial charge in [0.2, 0.25) is 0 Å². The maximum atomic E-state index is 12.8. The van der Waals surface area contributed by atoms with Crippen LogP contribution in [0.5, 0.6) is 11.5 Å². The van der Waals surface area contributed by atoms with Gasteiger partial charge in [-0.15, -0.1) is 0 Å². The van der Waals surface area contributed by atoms with Crippen molar-refractivity contribution in [2.45, 2.75) is 19.7 Å². The molecule has 0 aliphatic heterocycles. The number of alkyl halides is 3. The fraction of sp³-hybridized carbons (Fsp3) is 0.200. The predicted molar refractivity (Wildman–Crippen MR) is 68.6 cm³/mol. The van der Waals surface area contributed by atoms with E-state index in [0.29, 0.717) is 11.3 Å². The molecule has 5 heteroatoms. The molecule has 0 heterocycles. The molecule has 0 atom stereocenters. The molecule has 0 bridgehead atoms. The molecule has 0 unspecified atom stereocenters. The van der Waals surface area contributed by atoms with Crippen molar-refractivity contribution >= 4 is 0 Å². The average molecular weight is 282 g/mol. The van der Waals surface area contributed by atoms with Crippen molar-refractivity contribution in [3.8, 4) is 11.5 Å². The van der Waals surface area contributed by atoms with E-state index in [9.17, 15) is 13.2 Å². The molecule has 2 aromatic carbocycles. The number of hydrogen-bond donors (Lipinski definition) is 1. The first kappa shape index (κ1) is 14.4. The van der Waals surface area contributed by atoms with Crippen molar-refractivity contribution in [3.63, 3.8) is 0 Å². The highest BCUT2D eigenvalue weighted by atomic mass is 19.4. The Balaban J connectivity index is 2.25. The lowest BCUT2D eigenvalue weighted by Crippen LogP contribution is -2.07. The Morgan fingerprint density at radius 1 is 1.00 bits per heavy atom. The van der Waals surface area contributed by atoms with Crippen molar-refractivity contribution in [1.82, 2.24) is 0 Å². The van der Waals surface area contributed by atoms with E-state index in [0.717, 1.165) is 6.07 Å². The Morgan fingerprint density at radius 2 is 1.60 bits per heavy atom. The second kappa shape index (κ2) is 5.54. The molecule has 20 heavy (non-hydrogen) atoms. The summed E-state index contributed by atoms with van der Waals surface area (Å²) in [7, 11) is 0. The van der Waals surface area contributed by atoms with Crippen LogP contribution in [-0.2, 0) is 12.8 Å². The summed E-state index contributed by atoms with van der Waals surface area (Å²) in [5.41, 5.74) is 0.152. The van der Waals surface area contributed by atoms with Gasteiger partial charge in [0.1, 0.15) is 11.5 Å². The lowest BCUT2D eigenvalue weighted by molar-refractivity contribution is -0.138. The largest absolute Gasteiger partial charge is 0.457 e. The molecule has 0 saturated heterocycles. The first-order chi connectivity index (χ1) is 9.40. The number of hydrogen-bond acceptors (Lipinski definition) is 2. The molecule has 0 amide bonds. The minimum Gasteiger partial charge on any atom is -0.457 e. The summed E-state index contributed by atoms with van der Waals surface area (Å²) < 4.78 is 43.7. The molecule has 1 N–H and O–H groups in total. The van der Waals surface area contributed by atoms with E-state index < -0.39 is 11.7 Å². The second-order valence-corrected chi connectivity index (χ2v) is 4.38. The van der Waals surface area contributed by atoms with Crippen molar-refractivity contribution in [2.75, 3.05) is 0 Å². The van der Waals surface area contributed by atoms with Crippen LogP contribution in [0, 0.1) is 6.92 Å². The van der Waals surface area contributed by atoms with Crippen molar-refractivity contribution in [2.24, 2.45) is 0 Å². The van der Waals surface area contributed by atoms with Gasteiger partial charge >= 0.3 is 6.18 Å². The average Bonchev–Trinajstić information content (AvgIpc) is 2.40. The normalized spacial score (nSPS) is 11.4. The number of aliphatic hydroxyl groups excluding tert-OH is 1. The Hall–Kier alpha value is -2.01. The minimum absolute atomic E-state index is 0.0942. The summed E-state index contributed by atoms with van der Waals surface area (Å²) in [4.78, 5) is 0. The number of halogens is 3. The Bertz CT molecular complexity index is 589. The molecule has 2 nitrogen and oxygen atoms in total. The Morgan fingerprint density at radius 3 is 2.15 bits per heavy atom. The number of aryl methyl sites for hydroxylation is 1. The maximum Gasteiger partial charge on any atom is 0.416 e. The summed E-state index contributed by atoms with van der Waals surface area (Å²) in [6, 6.07) is 10.3. The molecule has 2 rings (SSSR count). The van der Waals surface area contributed by atoms with Crippen LogP contribution < -0.4 is 4.74 Å². The van der Waals surface area contributed by atoms with Crippen LogP contribution in [0.1, 0.15) is 16.7 Å². The van der Waals surface area contributed by atoms with Gasteiger partial charge in [-0.1, -0.05) is 18.2 Å². The van der Waals surface area contributed by atoms with Gasteiger partial charge in [-0.3, -0.25) is 0 Å². The third-order valence-corrected chi connectivity index (χ3v) is 2.86. The topological polar surface area (TPSA) is 29.5 Å². The highest BCUT2D eigenvalue weighted by Crippen LogP contribution is 2.35. The zero-order valence-corrected chi connectivity index (χ0v) is 10.7. The summed E-state index contributed by atoms with van der Waals surface area (Å²) in [5.74, 6) is 0.541. The molecule has 0 fully saturated rings. The number of aliphatic hydroxyl groups is 1. The van der Waals surface area contributed by atoms with Crippen LogP contribution in [-0.4, -0.2) is 5.11 Å². The lowest BCUT2D eigenvalue weighted by Gasteiger charge is -2.13. The van der Waals surface area contributed by atoms with E-state index in [-0.39, 0.29) is 17.9 Å². The van der Waals surface area contributed by atoms with Crippen LogP contribution in [0.4, 0.5) is 13.2 Å². The van der Waals surface area contributed by atoms with Gasteiger partial charge in [-0.25, -0.2) is 0 Å². The van der Waals surface area contributed by atoms with E-state index in [4.69, 9.17) is 9.84 Å². The number of benzene rings is 2. The van der Waals surface area contributed by atoms with Gasteiger partial charge in [-0.2, -0.15) is 13.2 Å². The third-order valence-electron chi connectivity index (χ3n) is 2.86. The fourth-order valence-corrected chi connectivity index (χ4v) is 1.77. The molecule has 106 valence electrons. The van der Waals surface area contributed by atoms with Crippen LogP contribution >= 0.6 is 0 Å². The molecule has 0 saturated carbocycles. The molecule has 0 radical (unpaired) electrons. The third kappa shape index (κ3) is 3.30. The molecule has 2 aromatic rings. The summed E-state index contributed by atoms with van der Waals surface area (Å²) in [6.45, 7) is 1.31. The van der Waals surface area contributed by atoms with Gasteiger partial charge in [0.25, 0.3) is 0 Å². The van der Waals surface area contributed by atoms with Gasteiger partial charge in [0.05, 0.1) is 12.2 Å². The van der Waals surface area contributed by atoms with Crippen LogP contribution in [0.2, 0.25) is 0 Å². The predicted octanol–water partition coefficient (Wildman–Crippen LogP) is 4.30. The smallest absolute Gasteiger partial charge is 0.416 e. The Kier molecular flexibility index (Phi) is 3.99. The van der Waals surface area contributed by atoms with Crippen molar-refractivity contribution < 1.29 is 23.0 Å². The van der Waals surface area contributed by atoms with Gasteiger partial charge in [0.15, 0.2) is 0 Å². The highest BCUT2D eigenvalue weighted by molar-refractivity contribution is 5.39. The first-order valence-corrected chi connectivity index (χ1v) is 5.95. The number of ether oxygens (including phenoxy) is 1.